The van der Waals surface area contributed by atoms with Gasteiger partial charge in [-0.2, -0.15) is 0 Å². The van der Waals surface area contributed by atoms with Crippen LogP contribution in [0.5, 0.6) is 11.5 Å². The van der Waals surface area contributed by atoms with Crippen LogP contribution in [0.4, 0.5) is 5.69 Å². The summed E-state index contributed by atoms with van der Waals surface area (Å²) >= 11 is 5.75. The fourth-order valence-electron chi connectivity index (χ4n) is 3.02. The Bertz CT molecular complexity index is 941. The molecule has 0 amide bonds. The minimum absolute atomic E-state index is 0.535. The normalized spacial score (nSPS) is 10.4. The molecule has 5 nitrogen and oxygen atoms in total. The van der Waals surface area contributed by atoms with Crippen molar-refractivity contribution in [2.24, 2.45) is 0 Å². The number of benzene rings is 2. The summed E-state index contributed by atoms with van der Waals surface area (Å²) in [6.45, 7) is 5.73. The Labute approximate surface area is 177 Å². The van der Waals surface area contributed by atoms with Crippen molar-refractivity contribution < 1.29 is 13.9 Å². The first-order valence-corrected chi connectivity index (χ1v) is 9.95. The quantitative estimate of drug-likeness (QED) is 0.502. The second-order valence-corrected chi connectivity index (χ2v) is 7.00. The number of anilines is 1. The van der Waals surface area contributed by atoms with Crippen molar-refractivity contribution >= 4 is 23.0 Å². The Hall–Kier alpha value is -2.99. The number of furan rings is 1. The minimum Gasteiger partial charge on any atom is -0.495 e. The molecule has 0 atom stereocenters. The number of ether oxygens (including phenoxy) is 2. The highest BCUT2D eigenvalue weighted by molar-refractivity contribution is 7.80. The van der Waals surface area contributed by atoms with E-state index in [1.165, 1.54) is 0 Å². The molecule has 3 rings (SSSR count). The lowest BCUT2D eigenvalue weighted by molar-refractivity contribution is 0.320. The molecule has 0 saturated heterocycles. The van der Waals surface area contributed by atoms with Crippen LogP contribution in [0.1, 0.15) is 23.8 Å². The van der Waals surface area contributed by atoms with Gasteiger partial charge in [-0.15, -0.1) is 0 Å². The van der Waals surface area contributed by atoms with E-state index in [0.717, 1.165) is 34.1 Å². The summed E-state index contributed by atoms with van der Waals surface area (Å²) in [7, 11) is 1.65. The highest BCUT2D eigenvalue weighted by Gasteiger charge is 2.16. The molecule has 2 aromatic carbocycles. The second-order valence-electron chi connectivity index (χ2n) is 6.61. The van der Waals surface area contributed by atoms with Crippen LogP contribution in [0.2, 0.25) is 0 Å². The number of nitrogens with one attached hydrogen (secondary N) is 1. The summed E-state index contributed by atoms with van der Waals surface area (Å²) in [4.78, 5) is 2.05. The van der Waals surface area contributed by atoms with Gasteiger partial charge in [-0.1, -0.05) is 24.3 Å². The summed E-state index contributed by atoms with van der Waals surface area (Å²) in [5.41, 5.74) is 3.00. The van der Waals surface area contributed by atoms with Gasteiger partial charge in [0, 0.05) is 12.1 Å². The number of methoxy groups -OCH3 is 1. The molecule has 0 fully saturated rings. The number of para-hydroxylation sites is 1. The van der Waals surface area contributed by atoms with Gasteiger partial charge in [0.15, 0.2) is 5.11 Å². The molecule has 0 saturated carbocycles. The van der Waals surface area contributed by atoms with Crippen molar-refractivity contribution in [3.05, 3.63) is 77.7 Å². The van der Waals surface area contributed by atoms with E-state index in [2.05, 4.69) is 11.4 Å². The van der Waals surface area contributed by atoms with Crippen molar-refractivity contribution in [2.45, 2.75) is 26.9 Å². The van der Waals surface area contributed by atoms with Gasteiger partial charge in [0.25, 0.3) is 0 Å². The topological polar surface area (TPSA) is 46.9 Å². The number of nitrogens with zero attached hydrogens (tertiary/aromatic N) is 1. The first-order valence-electron chi connectivity index (χ1n) is 9.54. The highest BCUT2D eigenvalue weighted by atomic mass is 32.1. The summed E-state index contributed by atoms with van der Waals surface area (Å²) < 4.78 is 16.8. The van der Waals surface area contributed by atoms with Gasteiger partial charge in [0.05, 0.1) is 32.2 Å². The van der Waals surface area contributed by atoms with Crippen molar-refractivity contribution in [3.63, 3.8) is 0 Å². The smallest absolute Gasteiger partial charge is 0.174 e. The Kier molecular flexibility index (Phi) is 7.14. The van der Waals surface area contributed by atoms with Gasteiger partial charge in [-0.05, 0) is 62.0 Å². The van der Waals surface area contributed by atoms with Gasteiger partial charge in [-0.25, -0.2) is 0 Å². The first-order chi connectivity index (χ1) is 14.1. The molecular formula is C23H26N2O3S. The molecule has 29 heavy (non-hydrogen) atoms. The third-order valence-electron chi connectivity index (χ3n) is 4.45. The number of rotatable bonds is 8. The number of hydrogen-bond donors (Lipinski definition) is 1. The lowest BCUT2D eigenvalue weighted by atomic mass is 10.2. The number of hydrogen-bond acceptors (Lipinski definition) is 4. The lowest BCUT2D eigenvalue weighted by Gasteiger charge is -2.26. The van der Waals surface area contributed by atoms with Gasteiger partial charge in [0.2, 0.25) is 0 Å². The van der Waals surface area contributed by atoms with Gasteiger partial charge in [-0.3, -0.25) is 0 Å². The SMILES string of the molecule is CCOc1ccccc1CN(Cc1ccco1)C(=S)Nc1ccc(C)cc1OC. The predicted molar refractivity (Wildman–Crippen MR) is 120 cm³/mol. The standard InChI is InChI=1S/C23H26N2O3S/c1-4-27-21-10-6-5-8-18(21)15-25(16-19-9-7-13-28-19)23(29)24-20-12-11-17(2)14-22(20)26-3/h5-14H,4,15-16H2,1-3H3,(H,24,29). The monoisotopic (exact) mass is 410 g/mol. The second kappa shape index (κ2) is 9.98. The van der Waals surface area contributed by atoms with E-state index in [0.29, 0.717) is 24.8 Å². The van der Waals surface area contributed by atoms with E-state index in [1.54, 1.807) is 13.4 Å². The minimum atomic E-state index is 0.535. The van der Waals surface area contributed by atoms with Crippen molar-refractivity contribution in [2.75, 3.05) is 19.0 Å². The van der Waals surface area contributed by atoms with E-state index in [9.17, 15) is 0 Å². The van der Waals surface area contributed by atoms with Crippen LogP contribution in [0.25, 0.3) is 0 Å². The molecule has 0 aliphatic heterocycles. The zero-order valence-corrected chi connectivity index (χ0v) is 17.8. The third kappa shape index (κ3) is 5.51. The average molecular weight is 411 g/mol. The zero-order valence-electron chi connectivity index (χ0n) is 17.0. The fraction of sp³-hybridized carbons (Fsp3) is 0.261. The van der Waals surface area contributed by atoms with Crippen LogP contribution in [0.3, 0.4) is 0 Å². The van der Waals surface area contributed by atoms with Crippen LogP contribution in [-0.2, 0) is 13.1 Å². The van der Waals surface area contributed by atoms with Crippen LogP contribution in [0, 0.1) is 6.92 Å². The molecule has 0 bridgehead atoms. The molecular weight excluding hydrogens is 384 g/mol. The maximum absolute atomic E-state index is 5.79. The number of thiocarbonyl (C=S) groups is 1. The van der Waals surface area contributed by atoms with Crippen LogP contribution < -0.4 is 14.8 Å². The van der Waals surface area contributed by atoms with E-state index in [-0.39, 0.29) is 0 Å². The van der Waals surface area contributed by atoms with E-state index in [4.69, 9.17) is 26.1 Å². The molecule has 0 aliphatic rings. The molecule has 0 radical (unpaired) electrons. The van der Waals surface area contributed by atoms with Crippen LogP contribution in [-0.4, -0.2) is 23.7 Å². The average Bonchev–Trinajstić information content (AvgIpc) is 3.23. The molecule has 0 unspecified atom stereocenters. The Morgan fingerprint density at radius 2 is 1.90 bits per heavy atom. The van der Waals surface area contributed by atoms with E-state index in [1.807, 2.05) is 67.3 Å². The molecule has 1 aromatic heterocycles. The Morgan fingerprint density at radius 3 is 2.62 bits per heavy atom. The first kappa shape index (κ1) is 20.7. The molecule has 6 heteroatoms. The summed E-state index contributed by atoms with van der Waals surface area (Å²) in [6, 6.07) is 17.8. The number of aryl methyl sites for hydroxylation is 1. The Balaban J connectivity index is 1.84. The molecule has 0 aliphatic carbocycles. The summed E-state index contributed by atoms with van der Waals surface area (Å²) in [5.74, 6) is 2.44. The van der Waals surface area contributed by atoms with Gasteiger partial charge < -0.3 is 24.1 Å². The summed E-state index contributed by atoms with van der Waals surface area (Å²) in [5, 5.41) is 3.90. The zero-order chi connectivity index (χ0) is 20.6. The molecule has 0 spiro atoms. The maximum Gasteiger partial charge on any atom is 0.174 e. The fourth-order valence-corrected chi connectivity index (χ4v) is 3.26. The van der Waals surface area contributed by atoms with Gasteiger partial charge >= 0.3 is 0 Å². The van der Waals surface area contributed by atoms with E-state index < -0.39 is 0 Å². The largest absolute Gasteiger partial charge is 0.495 e. The van der Waals surface area contributed by atoms with Crippen LogP contribution >= 0.6 is 12.2 Å². The lowest BCUT2D eigenvalue weighted by Crippen LogP contribution is -2.34. The highest BCUT2D eigenvalue weighted by Crippen LogP contribution is 2.27. The summed E-state index contributed by atoms with van der Waals surface area (Å²) in [6.07, 6.45) is 1.67. The molecule has 1 N–H and O–H groups in total. The van der Waals surface area contributed by atoms with Crippen molar-refractivity contribution in [3.8, 4) is 11.5 Å². The van der Waals surface area contributed by atoms with Gasteiger partial charge in [0.1, 0.15) is 17.3 Å². The molecule has 1 heterocycles. The maximum atomic E-state index is 5.79. The van der Waals surface area contributed by atoms with Crippen molar-refractivity contribution in [1.29, 1.82) is 0 Å². The van der Waals surface area contributed by atoms with E-state index >= 15 is 0 Å². The molecule has 3 aromatic rings. The molecule has 152 valence electrons. The predicted octanol–water partition coefficient (Wildman–Crippen LogP) is 5.39. The third-order valence-corrected chi connectivity index (χ3v) is 4.81. The van der Waals surface area contributed by atoms with Crippen LogP contribution in [0.15, 0.2) is 65.3 Å². The van der Waals surface area contributed by atoms with Crippen molar-refractivity contribution in [1.82, 2.24) is 4.90 Å². The Morgan fingerprint density at radius 1 is 1.07 bits per heavy atom.